The third kappa shape index (κ3) is 8.05. The summed E-state index contributed by atoms with van der Waals surface area (Å²) in [5.74, 6) is -1.01. The van der Waals surface area contributed by atoms with Gasteiger partial charge in [-0.05, 0) is 6.42 Å². The predicted octanol–water partition coefficient (Wildman–Crippen LogP) is 0.529. The normalized spacial score (nSPS) is 9.88. The average Bonchev–Trinajstić information content (AvgIpc) is 2.24. The molecule has 0 aromatic heterocycles. The molecule has 0 unspecified atom stereocenters. The van der Waals surface area contributed by atoms with Gasteiger partial charge in [-0.25, -0.2) is 9.59 Å². The number of nitrogens with one attached hydrogen (secondary N) is 1. The number of carbonyl (C=O) groups is 2. The highest BCUT2D eigenvalue weighted by atomic mass is 16.5. The molecule has 16 heavy (non-hydrogen) atoms. The van der Waals surface area contributed by atoms with E-state index in [4.69, 9.17) is 9.84 Å². The maximum atomic E-state index is 11.4. The van der Waals surface area contributed by atoms with Crippen molar-refractivity contribution in [2.24, 2.45) is 0 Å². The van der Waals surface area contributed by atoms with E-state index in [9.17, 15) is 9.59 Å². The summed E-state index contributed by atoms with van der Waals surface area (Å²) in [5.41, 5.74) is 0. The number of unbranched alkanes of at least 4 members (excludes halogenated alkanes) is 1. The van der Waals surface area contributed by atoms with Crippen LogP contribution in [0.2, 0.25) is 0 Å². The van der Waals surface area contributed by atoms with E-state index in [1.807, 2.05) is 0 Å². The van der Waals surface area contributed by atoms with Crippen molar-refractivity contribution >= 4 is 12.0 Å². The monoisotopic (exact) mass is 232 g/mol. The number of urea groups is 1. The molecule has 2 N–H and O–H groups in total. The van der Waals surface area contributed by atoms with Crippen molar-refractivity contribution in [3.63, 3.8) is 0 Å². The van der Waals surface area contributed by atoms with Gasteiger partial charge in [0, 0.05) is 20.1 Å². The summed E-state index contributed by atoms with van der Waals surface area (Å²) in [7, 11) is 1.73. The average molecular weight is 232 g/mol. The number of nitrogens with zero attached hydrogens (tertiary/aromatic N) is 1. The summed E-state index contributed by atoms with van der Waals surface area (Å²) >= 11 is 0. The van der Waals surface area contributed by atoms with Gasteiger partial charge in [0.15, 0.2) is 0 Å². The van der Waals surface area contributed by atoms with E-state index in [0.29, 0.717) is 6.54 Å². The van der Waals surface area contributed by atoms with Gasteiger partial charge < -0.3 is 20.1 Å². The third-order valence-corrected chi connectivity index (χ3v) is 1.94. The SMILES string of the molecule is CCCCN(C)C(=O)NCCOCC(=O)O. The second-order valence-corrected chi connectivity index (χ2v) is 3.45. The summed E-state index contributed by atoms with van der Waals surface area (Å²) in [5, 5.41) is 10.9. The molecule has 0 saturated carbocycles. The van der Waals surface area contributed by atoms with Gasteiger partial charge in [0.05, 0.1) is 6.61 Å². The van der Waals surface area contributed by atoms with Crippen LogP contribution in [-0.2, 0) is 9.53 Å². The van der Waals surface area contributed by atoms with Crippen LogP contribution in [0.1, 0.15) is 19.8 Å². The lowest BCUT2D eigenvalue weighted by Crippen LogP contribution is -2.39. The Morgan fingerprint density at radius 3 is 2.69 bits per heavy atom. The van der Waals surface area contributed by atoms with Crippen molar-refractivity contribution in [3.8, 4) is 0 Å². The van der Waals surface area contributed by atoms with Gasteiger partial charge in [-0.3, -0.25) is 0 Å². The number of carboxylic acids is 1. The standard InChI is InChI=1S/C10H20N2O4/c1-3-4-6-12(2)10(15)11-5-7-16-8-9(13)14/h3-8H2,1-2H3,(H,11,15)(H,13,14). The van der Waals surface area contributed by atoms with Crippen LogP contribution >= 0.6 is 0 Å². The molecule has 0 aliphatic rings. The van der Waals surface area contributed by atoms with Crippen LogP contribution in [0.3, 0.4) is 0 Å². The van der Waals surface area contributed by atoms with E-state index >= 15 is 0 Å². The van der Waals surface area contributed by atoms with Crippen LogP contribution in [0, 0.1) is 0 Å². The van der Waals surface area contributed by atoms with Crippen LogP contribution in [0.15, 0.2) is 0 Å². The van der Waals surface area contributed by atoms with E-state index in [0.717, 1.165) is 19.4 Å². The van der Waals surface area contributed by atoms with Crippen molar-refractivity contribution < 1.29 is 19.4 Å². The molecule has 0 atom stereocenters. The molecule has 94 valence electrons. The minimum absolute atomic E-state index is 0.160. The fourth-order valence-electron chi connectivity index (χ4n) is 1.02. The Hall–Kier alpha value is -1.30. The van der Waals surface area contributed by atoms with Crippen molar-refractivity contribution in [3.05, 3.63) is 0 Å². The number of carboxylic acid groups (broad SMARTS) is 1. The molecule has 0 aromatic carbocycles. The fraction of sp³-hybridized carbons (Fsp3) is 0.800. The molecule has 0 saturated heterocycles. The number of rotatable bonds is 8. The molecule has 0 fully saturated rings. The number of carbonyl (C=O) groups excluding carboxylic acids is 1. The van der Waals surface area contributed by atoms with Crippen LogP contribution in [0.5, 0.6) is 0 Å². The highest BCUT2D eigenvalue weighted by Gasteiger charge is 2.06. The molecular weight excluding hydrogens is 212 g/mol. The lowest BCUT2D eigenvalue weighted by atomic mass is 10.3. The molecule has 6 nitrogen and oxygen atoms in total. The number of hydrogen-bond donors (Lipinski definition) is 2. The van der Waals surface area contributed by atoms with Crippen molar-refractivity contribution in [1.82, 2.24) is 10.2 Å². The van der Waals surface area contributed by atoms with Gasteiger partial charge in [-0.15, -0.1) is 0 Å². The molecule has 2 amide bonds. The van der Waals surface area contributed by atoms with E-state index in [1.165, 1.54) is 0 Å². The van der Waals surface area contributed by atoms with Gasteiger partial charge in [0.1, 0.15) is 6.61 Å². The molecule has 0 aliphatic carbocycles. The zero-order valence-electron chi connectivity index (χ0n) is 9.86. The molecule has 6 heteroatoms. The Balaban J connectivity index is 3.45. The molecular formula is C10H20N2O4. The maximum absolute atomic E-state index is 11.4. The number of aliphatic carboxylic acids is 1. The maximum Gasteiger partial charge on any atom is 0.329 e. The number of ether oxygens (including phenoxy) is 1. The first-order chi connectivity index (χ1) is 7.57. The van der Waals surface area contributed by atoms with Crippen LogP contribution in [0.4, 0.5) is 4.79 Å². The van der Waals surface area contributed by atoms with Crippen LogP contribution in [0.25, 0.3) is 0 Å². The smallest absolute Gasteiger partial charge is 0.329 e. The Morgan fingerprint density at radius 2 is 2.12 bits per heavy atom. The summed E-state index contributed by atoms with van der Waals surface area (Å²) in [6.45, 7) is 2.98. The van der Waals surface area contributed by atoms with Crippen molar-refractivity contribution in [1.29, 1.82) is 0 Å². The highest BCUT2D eigenvalue weighted by Crippen LogP contribution is 1.91. The molecule has 0 radical (unpaired) electrons. The van der Waals surface area contributed by atoms with Gasteiger partial charge in [-0.1, -0.05) is 13.3 Å². The Bertz CT molecular complexity index is 221. The summed E-state index contributed by atoms with van der Waals surface area (Å²) in [6, 6.07) is -0.160. The van der Waals surface area contributed by atoms with Crippen LogP contribution < -0.4 is 5.32 Å². The first kappa shape index (κ1) is 14.7. The highest BCUT2D eigenvalue weighted by molar-refractivity contribution is 5.73. The minimum Gasteiger partial charge on any atom is -0.480 e. The number of hydrogen-bond acceptors (Lipinski definition) is 3. The van der Waals surface area contributed by atoms with Crippen molar-refractivity contribution in [2.45, 2.75) is 19.8 Å². The van der Waals surface area contributed by atoms with E-state index in [-0.39, 0.29) is 19.2 Å². The van der Waals surface area contributed by atoms with Crippen LogP contribution in [-0.4, -0.2) is 55.4 Å². The first-order valence-corrected chi connectivity index (χ1v) is 5.36. The number of amides is 2. The van der Waals surface area contributed by atoms with Gasteiger partial charge in [-0.2, -0.15) is 0 Å². The zero-order chi connectivity index (χ0) is 12.4. The first-order valence-electron chi connectivity index (χ1n) is 5.36. The zero-order valence-corrected chi connectivity index (χ0v) is 9.86. The molecule has 0 bridgehead atoms. The second kappa shape index (κ2) is 8.96. The lowest BCUT2D eigenvalue weighted by molar-refractivity contribution is -0.142. The lowest BCUT2D eigenvalue weighted by Gasteiger charge is -2.17. The third-order valence-electron chi connectivity index (χ3n) is 1.94. The van der Waals surface area contributed by atoms with E-state index < -0.39 is 5.97 Å². The van der Waals surface area contributed by atoms with E-state index in [2.05, 4.69) is 12.2 Å². The molecule has 0 rings (SSSR count). The largest absolute Gasteiger partial charge is 0.480 e. The predicted molar refractivity (Wildman–Crippen MR) is 59.4 cm³/mol. The molecule has 0 aromatic rings. The molecule has 0 aliphatic heterocycles. The molecule has 0 heterocycles. The quantitative estimate of drug-likeness (QED) is 0.598. The summed E-state index contributed by atoms with van der Waals surface area (Å²) in [4.78, 5) is 23.1. The second-order valence-electron chi connectivity index (χ2n) is 3.45. The van der Waals surface area contributed by atoms with Gasteiger partial charge >= 0.3 is 12.0 Å². The summed E-state index contributed by atoms with van der Waals surface area (Å²) in [6.07, 6.45) is 2.01. The minimum atomic E-state index is -1.01. The Kier molecular flexibility index (Phi) is 8.24. The Morgan fingerprint density at radius 1 is 1.44 bits per heavy atom. The van der Waals surface area contributed by atoms with Crippen molar-refractivity contribution in [2.75, 3.05) is 33.4 Å². The fourth-order valence-corrected chi connectivity index (χ4v) is 1.02. The van der Waals surface area contributed by atoms with Gasteiger partial charge in [0.2, 0.25) is 0 Å². The van der Waals surface area contributed by atoms with Gasteiger partial charge in [0.25, 0.3) is 0 Å². The summed E-state index contributed by atoms with van der Waals surface area (Å²) < 4.78 is 4.77. The Labute approximate surface area is 95.6 Å². The van der Waals surface area contributed by atoms with E-state index in [1.54, 1.807) is 11.9 Å². The topological polar surface area (TPSA) is 78.9 Å². The molecule has 0 spiro atoms.